The number of amides is 1. The number of carbonyl (C=O) groups is 1. The monoisotopic (exact) mass is 197 g/mol. The van der Waals surface area contributed by atoms with E-state index in [1.54, 1.807) is 19.0 Å². The molecule has 1 amide bonds. The molecule has 0 saturated heterocycles. The third-order valence-electron chi connectivity index (χ3n) is 2.03. The molecule has 1 rings (SSSR count). The van der Waals surface area contributed by atoms with Crippen molar-refractivity contribution in [2.75, 3.05) is 14.1 Å². The number of H-pyrrole nitrogens is 1. The quantitative estimate of drug-likeness (QED) is 0.674. The molecule has 1 unspecified atom stereocenters. The SMILES string of the molecule is CNC(C)C(=O)N(C)Cc1ncn[nH]1. The van der Waals surface area contributed by atoms with E-state index in [-0.39, 0.29) is 11.9 Å². The number of hydrogen-bond acceptors (Lipinski definition) is 4. The molecule has 0 aromatic carbocycles. The lowest BCUT2D eigenvalue weighted by Crippen LogP contribution is -2.41. The Kier molecular flexibility index (Phi) is 3.58. The number of hydrogen-bond donors (Lipinski definition) is 2. The minimum atomic E-state index is -0.178. The van der Waals surface area contributed by atoms with E-state index >= 15 is 0 Å². The Balaban J connectivity index is 2.50. The van der Waals surface area contributed by atoms with Crippen LogP contribution in [0.25, 0.3) is 0 Å². The van der Waals surface area contributed by atoms with Gasteiger partial charge in [-0.3, -0.25) is 9.89 Å². The van der Waals surface area contributed by atoms with Gasteiger partial charge >= 0.3 is 0 Å². The fourth-order valence-electron chi connectivity index (χ4n) is 1.06. The number of aromatic amines is 1. The van der Waals surface area contributed by atoms with Crippen LogP contribution in [0.5, 0.6) is 0 Å². The minimum absolute atomic E-state index is 0.0314. The van der Waals surface area contributed by atoms with Crippen molar-refractivity contribution < 1.29 is 4.79 Å². The zero-order valence-corrected chi connectivity index (χ0v) is 8.61. The van der Waals surface area contributed by atoms with Gasteiger partial charge in [0.15, 0.2) is 0 Å². The molecule has 0 bridgehead atoms. The Morgan fingerprint density at radius 1 is 1.79 bits per heavy atom. The third kappa shape index (κ3) is 2.53. The predicted molar refractivity (Wildman–Crippen MR) is 51.4 cm³/mol. The number of likely N-dealkylation sites (N-methyl/N-ethyl adjacent to an activating group) is 2. The molecule has 78 valence electrons. The Morgan fingerprint density at radius 3 is 3.00 bits per heavy atom. The van der Waals surface area contributed by atoms with Crippen molar-refractivity contribution in [1.82, 2.24) is 25.4 Å². The van der Waals surface area contributed by atoms with E-state index in [0.29, 0.717) is 12.4 Å². The van der Waals surface area contributed by atoms with Crippen LogP contribution in [-0.2, 0) is 11.3 Å². The summed E-state index contributed by atoms with van der Waals surface area (Å²) in [6.45, 7) is 2.27. The second-order valence-corrected chi connectivity index (χ2v) is 3.14. The van der Waals surface area contributed by atoms with Crippen molar-refractivity contribution >= 4 is 5.91 Å². The molecule has 0 saturated carbocycles. The molecular weight excluding hydrogens is 182 g/mol. The molecule has 0 aliphatic heterocycles. The number of nitrogens with zero attached hydrogens (tertiary/aromatic N) is 3. The first-order valence-corrected chi connectivity index (χ1v) is 4.41. The van der Waals surface area contributed by atoms with Gasteiger partial charge in [-0.2, -0.15) is 5.10 Å². The lowest BCUT2D eigenvalue weighted by Gasteiger charge is -2.19. The average molecular weight is 197 g/mol. The van der Waals surface area contributed by atoms with Gasteiger partial charge in [-0.1, -0.05) is 0 Å². The number of nitrogens with one attached hydrogen (secondary N) is 2. The van der Waals surface area contributed by atoms with Gasteiger partial charge in [0.1, 0.15) is 12.2 Å². The van der Waals surface area contributed by atoms with Gasteiger partial charge in [0, 0.05) is 7.05 Å². The van der Waals surface area contributed by atoms with Gasteiger partial charge in [-0.05, 0) is 14.0 Å². The Hall–Kier alpha value is -1.43. The molecule has 2 N–H and O–H groups in total. The fourth-order valence-corrected chi connectivity index (χ4v) is 1.06. The first-order valence-electron chi connectivity index (χ1n) is 4.41. The maximum Gasteiger partial charge on any atom is 0.239 e. The zero-order chi connectivity index (χ0) is 10.6. The molecule has 0 aliphatic carbocycles. The van der Waals surface area contributed by atoms with Gasteiger partial charge in [0.05, 0.1) is 12.6 Å². The van der Waals surface area contributed by atoms with Crippen LogP contribution in [0.1, 0.15) is 12.7 Å². The molecule has 0 radical (unpaired) electrons. The molecule has 0 fully saturated rings. The summed E-state index contributed by atoms with van der Waals surface area (Å²) in [6.07, 6.45) is 1.43. The smallest absolute Gasteiger partial charge is 0.239 e. The van der Waals surface area contributed by atoms with Crippen LogP contribution in [-0.4, -0.2) is 46.1 Å². The van der Waals surface area contributed by atoms with Crippen molar-refractivity contribution in [1.29, 1.82) is 0 Å². The van der Waals surface area contributed by atoms with Crippen LogP contribution in [0.3, 0.4) is 0 Å². The molecule has 14 heavy (non-hydrogen) atoms. The van der Waals surface area contributed by atoms with E-state index in [0.717, 1.165) is 0 Å². The Morgan fingerprint density at radius 2 is 2.50 bits per heavy atom. The van der Waals surface area contributed by atoms with Crippen molar-refractivity contribution in [3.05, 3.63) is 12.2 Å². The lowest BCUT2D eigenvalue weighted by atomic mass is 10.3. The standard InChI is InChI=1S/C8H15N5O/c1-6(9-2)8(14)13(3)4-7-10-5-11-12-7/h5-6,9H,4H2,1-3H3,(H,10,11,12). The van der Waals surface area contributed by atoms with Crippen molar-refractivity contribution in [3.8, 4) is 0 Å². The molecule has 6 heteroatoms. The van der Waals surface area contributed by atoms with E-state index in [1.807, 2.05) is 6.92 Å². The lowest BCUT2D eigenvalue weighted by molar-refractivity contribution is -0.132. The molecule has 1 heterocycles. The number of carbonyl (C=O) groups excluding carboxylic acids is 1. The highest BCUT2D eigenvalue weighted by molar-refractivity contribution is 5.81. The largest absolute Gasteiger partial charge is 0.337 e. The third-order valence-corrected chi connectivity index (χ3v) is 2.03. The maximum atomic E-state index is 11.6. The van der Waals surface area contributed by atoms with E-state index in [2.05, 4.69) is 20.5 Å². The van der Waals surface area contributed by atoms with Crippen LogP contribution >= 0.6 is 0 Å². The van der Waals surface area contributed by atoms with Gasteiger partial charge in [-0.25, -0.2) is 4.98 Å². The van der Waals surface area contributed by atoms with Crippen LogP contribution in [0, 0.1) is 0 Å². The highest BCUT2D eigenvalue weighted by Gasteiger charge is 2.16. The first kappa shape index (κ1) is 10.6. The van der Waals surface area contributed by atoms with Crippen molar-refractivity contribution in [2.24, 2.45) is 0 Å². The highest BCUT2D eigenvalue weighted by atomic mass is 16.2. The molecular formula is C8H15N5O. The minimum Gasteiger partial charge on any atom is -0.337 e. The fraction of sp³-hybridized carbons (Fsp3) is 0.625. The summed E-state index contributed by atoms with van der Waals surface area (Å²) in [5.41, 5.74) is 0. The summed E-state index contributed by atoms with van der Waals surface area (Å²) in [6, 6.07) is -0.178. The van der Waals surface area contributed by atoms with E-state index in [9.17, 15) is 4.79 Å². The van der Waals surface area contributed by atoms with E-state index in [1.165, 1.54) is 6.33 Å². The van der Waals surface area contributed by atoms with Gasteiger partial charge in [0.2, 0.25) is 5.91 Å². The van der Waals surface area contributed by atoms with Crippen LogP contribution in [0.4, 0.5) is 0 Å². The van der Waals surface area contributed by atoms with Crippen LogP contribution in [0.15, 0.2) is 6.33 Å². The first-order chi connectivity index (χ1) is 6.65. The second-order valence-electron chi connectivity index (χ2n) is 3.14. The van der Waals surface area contributed by atoms with Crippen molar-refractivity contribution in [3.63, 3.8) is 0 Å². The Bertz CT molecular complexity index is 284. The normalized spacial score (nSPS) is 12.5. The summed E-state index contributed by atoms with van der Waals surface area (Å²) in [4.78, 5) is 17.1. The topological polar surface area (TPSA) is 73.9 Å². The molecule has 1 atom stereocenters. The maximum absolute atomic E-state index is 11.6. The van der Waals surface area contributed by atoms with E-state index in [4.69, 9.17) is 0 Å². The molecule has 1 aromatic rings. The summed E-state index contributed by atoms with van der Waals surface area (Å²) < 4.78 is 0. The summed E-state index contributed by atoms with van der Waals surface area (Å²) in [7, 11) is 3.49. The molecule has 6 nitrogen and oxygen atoms in total. The number of rotatable bonds is 4. The molecule has 0 spiro atoms. The number of aromatic nitrogens is 3. The van der Waals surface area contributed by atoms with Gasteiger partial charge in [-0.15, -0.1) is 0 Å². The zero-order valence-electron chi connectivity index (χ0n) is 8.61. The second kappa shape index (κ2) is 4.71. The highest BCUT2D eigenvalue weighted by Crippen LogP contribution is 1.97. The van der Waals surface area contributed by atoms with Gasteiger partial charge < -0.3 is 10.2 Å². The van der Waals surface area contributed by atoms with E-state index < -0.39 is 0 Å². The summed E-state index contributed by atoms with van der Waals surface area (Å²) in [5.74, 6) is 0.716. The van der Waals surface area contributed by atoms with Crippen LogP contribution in [0.2, 0.25) is 0 Å². The van der Waals surface area contributed by atoms with Crippen molar-refractivity contribution in [2.45, 2.75) is 19.5 Å². The predicted octanol–water partition coefficient (Wildman–Crippen LogP) is -0.629. The summed E-state index contributed by atoms with van der Waals surface area (Å²) in [5, 5.41) is 9.30. The molecule has 1 aromatic heterocycles. The molecule has 0 aliphatic rings. The summed E-state index contributed by atoms with van der Waals surface area (Å²) >= 11 is 0. The van der Waals surface area contributed by atoms with Gasteiger partial charge in [0.25, 0.3) is 0 Å². The average Bonchev–Trinajstić information content (AvgIpc) is 2.68. The van der Waals surface area contributed by atoms with Crippen LogP contribution < -0.4 is 5.32 Å². The Labute approximate surface area is 82.7 Å².